The number of aromatic amines is 2. The lowest BCUT2D eigenvalue weighted by atomic mass is 10.1. The van der Waals surface area contributed by atoms with Gasteiger partial charge in [-0.3, -0.25) is 9.98 Å². The number of aromatic nitrogens is 5. The Morgan fingerprint density at radius 3 is 2.91 bits per heavy atom. The van der Waals surface area contributed by atoms with Crippen molar-refractivity contribution in [3.05, 3.63) is 73.8 Å². The topological polar surface area (TPSA) is 123 Å². The van der Waals surface area contributed by atoms with Crippen molar-refractivity contribution in [1.82, 2.24) is 24.6 Å². The number of nitrogens with one attached hydrogen (secondary N) is 3. The molecule has 3 aromatic heterocycles. The second-order valence-electron chi connectivity index (χ2n) is 7.71. The molecule has 0 radical (unpaired) electrons. The van der Waals surface area contributed by atoms with Crippen LogP contribution in [0.3, 0.4) is 0 Å². The molecule has 0 bridgehead atoms. The van der Waals surface area contributed by atoms with Gasteiger partial charge in [0.15, 0.2) is 11.1 Å². The molecule has 1 aromatic carbocycles. The Labute approximate surface area is 185 Å². The van der Waals surface area contributed by atoms with Crippen molar-refractivity contribution < 1.29 is 9.50 Å². The number of fused-ring (bicyclic) bond motifs is 1. The standard InChI is InChI=1S/C21H19ClFN7O2/c1-10(14-7-12(22)2-5-15(14)23)25-17-8-18(26-13-3-4-13)30-19(28-17)11(9-24-30)6-16-20(31)29-21(32)27-16/h2,5-10,13,25,31H,3-4H2,1H3,(H2,27,29,32)/b11-6+,26-18?/t10-/m0/s1. The molecule has 0 unspecified atom stereocenters. The molecule has 11 heteroatoms. The van der Waals surface area contributed by atoms with E-state index in [9.17, 15) is 14.3 Å². The number of hydrogen-bond donors (Lipinski definition) is 4. The van der Waals surface area contributed by atoms with Crippen LogP contribution in [0.4, 0.5) is 10.2 Å². The van der Waals surface area contributed by atoms with Crippen molar-refractivity contribution in [2.45, 2.75) is 31.8 Å². The van der Waals surface area contributed by atoms with Gasteiger partial charge in [-0.25, -0.2) is 14.2 Å². The zero-order valence-corrected chi connectivity index (χ0v) is 17.7. The summed E-state index contributed by atoms with van der Waals surface area (Å²) < 4.78 is 15.9. The molecule has 0 aliphatic heterocycles. The van der Waals surface area contributed by atoms with Crippen LogP contribution in [-0.4, -0.2) is 35.7 Å². The zero-order valence-electron chi connectivity index (χ0n) is 16.9. The van der Waals surface area contributed by atoms with Crippen molar-refractivity contribution in [2.75, 3.05) is 5.32 Å². The minimum atomic E-state index is -0.526. The van der Waals surface area contributed by atoms with Gasteiger partial charge in [0.1, 0.15) is 17.3 Å². The molecular formula is C21H19ClFN7O2. The van der Waals surface area contributed by atoms with Gasteiger partial charge < -0.3 is 15.4 Å². The lowest BCUT2D eigenvalue weighted by Gasteiger charge is -2.16. The third kappa shape index (κ3) is 3.96. The third-order valence-electron chi connectivity index (χ3n) is 5.17. The van der Waals surface area contributed by atoms with Crippen LogP contribution < -0.4 is 21.7 Å². The highest BCUT2D eigenvalue weighted by atomic mass is 35.5. The van der Waals surface area contributed by atoms with Gasteiger partial charge in [0.25, 0.3) is 0 Å². The van der Waals surface area contributed by atoms with Crippen LogP contribution in [0.25, 0.3) is 11.7 Å². The van der Waals surface area contributed by atoms with Crippen LogP contribution in [0.5, 0.6) is 5.88 Å². The number of imidazole rings is 1. The molecule has 0 saturated heterocycles. The van der Waals surface area contributed by atoms with Crippen LogP contribution in [-0.2, 0) is 0 Å². The number of aromatic hydroxyl groups is 1. The van der Waals surface area contributed by atoms with Gasteiger partial charge in [-0.15, -0.1) is 0 Å². The normalized spacial score (nSPS) is 16.1. The lowest BCUT2D eigenvalue weighted by molar-refractivity contribution is 0.454. The van der Waals surface area contributed by atoms with Gasteiger partial charge >= 0.3 is 5.69 Å². The molecule has 1 saturated carbocycles. The Balaban J connectivity index is 1.62. The number of hydrogen-bond acceptors (Lipinski definition) is 6. The first kappa shape index (κ1) is 20.3. The number of nitrogens with zero attached hydrogens (tertiary/aromatic N) is 4. The van der Waals surface area contributed by atoms with E-state index in [1.807, 2.05) is 6.92 Å². The molecule has 0 amide bonds. The molecule has 164 valence electrons. The molecule has 1 fully saturated rings. The van der Waals surface area contributed by atoms with E-state index >= 15 is 0 Å². The average Bonchev–Trinajstić information content (AvgIpc) is 3.38. The fourth-order valence-electron chi connectivity index (χ4n) is 3.42. The summed E-state index contributed by atoms with van der Waals surface area (Å²) in [6.07, 6.45) is 5.15. The Morgan fingerprint density at radius 1 is 1.38 bits per heavy atom. The van der Waals surface area contributed by atoms with Gasteiger partial charge in [-0.1, -0.05) is 11.6 Å². The van der Waals surface area contributed by atoms with Crippen molar-refractivity contribution in [2.24, 2.45) is 4.99 Å². The number of rotatable bonds is 5. The zero-order chi connectivity index (χ0) is 22.4. The first-order chi connectivity index (χ1) is 15.4. The fourth-order valence-corrected chi connectivity index (χ4v) is 3.60. The summed E-state index contributed by atoms with van der Waals surface area (Å²) in [7, 11) is 0. The smallest absolute Gasteiger partial charge is 0.326 e. The predicted molar refractivity (Wildman–Crippen MR) is 117 cm³/mol. The first-order valence-electron chi connectivity index (χ1n) is 10.0. The maximum atomic E-state index is 14.3. The summed E-state index contributed by atoms with van der Waals surface area (Å²) in [6.45, 7) is 1.81. The third-order valence-corrected chi connectivity index (χ3v) is 5.40. The van der Waals surface area contributed by atoms with Crippen molar-refractivity contribution in [3.63, 3.8) is 0 Å². The molecule has 1 atom stereocenters. The summed E-state index contributed by atoms with van der Waals surface area (Å²) >= 11 is 6.04. The highest BCUT2D eigenvalue weighted by molar-refractivity contribution is 6.30. The number of H-pyrrole nitrogens is 2. The summed E-state index contributed by atoms with van der Waals surface area (Å²) in [5.74, 6) is -0.175. The quantitative estimate of drug-likeness (QED) is 0.366. The molecule has 4 aromatic rings. The van der Waals surface area contributed by atoms with E-state index in [-0.39, 0.29) is 23.4 Å². The Bertz CT molecular complexity index is 1500. The van der Waals surface area contributed by atoms with E-state index in [1.165, 1.54) is 12.1 Å². The molecule has 1 aliphatic carbocycles. The van der Waals surface area contributed by atoms with Crippen LogP contribution in [0.2, 0.25) is 5.02 Å². The summed E-state index contributed by atoms with van der Waals surface area (Å²) in [6, 6.07) is 5.98. The van der Waals surface area contributed by atoms with E-state index in [0.717, 1.165) is 12.8 Å². The summed E-state index contributed by atoms with van der Waals surface area (Å²) in [5.41, 5.74) is 1.16. The highest BCUT2D eigenvalue weighted by Crippen LogP contribution is 2.24. The minimum absolute atomic E-state index is 0.208. The SMILES string of the molecule is C[C@H](Nc1cc(=NC2CC2)n2nc/c(=C\c3[nH]c(=O)[nH]c3O)c2n1)c1cc(Cl)ccc1F. The van der Waals surface area contributed by atoms with Crippen molar-refractivity contribution in [1.29, 1.82) is 0 Å². The second kappa shape index (κ2) is 7.79. The van der Waals surface area contributed by atoms with Gasteiger partial charge in [0.05, 0.1) is 18.3 Å². The van der Waals surface area contributed by atoms with Gasteiger partial charge in [0.2, 0.25) is 5.88 Å². The molecule has 1 aliphatic rings. The molecular weight excluding hydrogens is 437 g/mol. The fraction of sp³-hybridized carbons (Fsp3) is 0.238. The molecule has 4 N–H and O–H groups in total. The summed E-state index contributed by atoms with van der Waals surface area (Å²) in [4.78, 5) is 25.6. The Hall–Kier alpha value is -3.66. The van der Waals surface area contributed by atoms with Crippen molar-refractivity contribution >= 4 is 29.1 Å². The number of anilines is 1. The van der Waals surface area contributed by atoms with Gasteiger partial charge in [0, 0.05) is 21.9 Å². The molecule has 9 nitrogen and oxygen atoms in total. The van der Waals surface area contributed by atoms with E-state index in [4.69, 9.17) is 16.6 Å². The molecule has 0 spiro atoms. The summed E-state index contributed by atoms with van der Waals surface area (Å²) in [5, 5.41) is 18.5. The second-order valence-corrected chi connectivity index (χ2v) is 8.15. The highest BCUT2D eigenvalue weighted by Gasteiger charge is 2.21. The van der Waals surface area contributed by atoms with E-state index in [1.54, 1.807) is 28.9 Å². The Kier molecular flexibility index (Phi) is 4.93. The monoisotopic (exact) mass is 455 g/mol. The average molecular weight is 456 g/mol. The number of benzene rings is 1. The van der Waals surface area contributed by atoms with Crippen LogP contribution >= 0.6 is 11.6 Å². The maximum absolute atomic E-state index is 14.3. The van der Waals surface area contributed by atoms with E-state index in [0.29, 0.717) is 32.8 Å². The van der Waals surface area contributed by atoms with Gasteiger partial charge in [-0.05, 0) is 44.0 Å². The first-order valence-corrected chi connectivity index (χ1v) is 10.4. The van der Waals surface area contributed by atoms with Crippen LogP contribution in [0.1, 0.15) is 37.1 Å². The molecule has 32 heavy (non-hydrogen) atoms. The number of halogens is 2. The van der Waals surface area contributed by atoms with E-state index < -0.39 is 11.7 Å². The van der Waals surface area contributed by atoms with Crippen LogP contribution in [0.15, 0.2) is 40.2 Å². The van der Waals surface area contributed by atoms with Gasteiger partial charge in [-0.2, -0.15) is 9.61 Å². The molecule has 5 rings (SSSR count). The lowest BCUT2D eigenvalue weighted by Crippen LogP contribution is -2.21. The maximum Gasteiger partial charge on any atom is 0.326 e. The predicted octanol–water partition coefficient (Wildman–Crippen LogP) is 2.03. The van der Waals surface area contributed by atoms with Crippen molar-refractivity contribution in [3.8, 4) is 5.88 Å². The van der Waals surface area contributed by atoms with E-state index in [2.05, 4.69) is 25.4 Å². The Morgan fingerprint density at radius 2 is 2.19 bits per heavy atom. The largest absolute Gasteiger partial charge is 0.493 e. The minimum Gasteiger partial charge on any atom is -0.493 e. The van der Waals surface area contributed by atoms with Crippen LogP contribution in [0, 0.1) is 5.82 Å². The molecule has 3 heterocycles.